The second kappa shape index (κ2) is 5.64. The van der Waals surface area contributed by atoms with Crippen LogP contribution in [-0.2, 0) is 4.79 Å². The predicted molar refractivity (Wildman–Crippen MR) is 64.0 cm³/mol. The topological polar surface area (TPSA) is 58.4 Å². The van der Waals surface area contributed by atoms with Crippen LogP contribution in [0.2, 0.25) is 0 Å². The van der Waals surface area contributed by atoms with Crippen molar-refractivity contribution in [3.05, 3.63) is 0 Å². The summed E-state index contributed by atoms with van der Waals surface area (Å²) in [6.45, 7) is 4.63. The number of hydrogen-bond donors (Lipinski definition) is 2. The van der Waals surface area contributed by atoms with E-state index in [1.807, 2.05) is 0 Å². The fourth-order valence-electron chi connectivity index (χ4n) is 2.98. The maximum absolute atomic E-state index is 10.9. The molecule has 2 rings (SSSR count). The highest BCUT2D eigenvalue weighted by Crippen LogP contribution is 2.24. The van der Waals surface area contributed by atoms with Crippen molar-refractivity contribution in [2.45, 2.75) is 38.1 Å². The summed E-state index contributed by atoms with van der Waals surface area (Å²) in [5, 5.41) is 3.40. The predicted octanol–water partition coefficient (Wildman–Crippen LogP) is 0.326. The Balaban J connectivity index is 1.73. The van der Waals surface area contributed by atoms with Gasteiger partial charge in [-0.2, -0.15) is 0 Å². The van der Waals surface area contributed by atoms with Gasteiger partial charge in [-0.1, -0.05) is 0 Å². The highest BCUT2D eigenvalue weighted by Gasteiger charge is 2.26. The van der Waals surface area contributed by atoms with Crippen molar-refractivity contribution in [1.82, 2.24) is 10.2 Å². The van der Waals surface area contributed by atoms with Gasteiger partial charge in [0.1, 0.15) is 0 Å². The van der Waals surface area contributed by atoms with Gasteiger partial charge in [0.2, 0.25) is 5.91 Å². The quantitative estimate of drug-likeness (QED) is 0.727. The molecular weight excluding hydrogens is 202 g/mol. The fraction of sp³-hybridized carbons (Fsp3) is 0.917. The van der Waals surface area contributed by atoms with E-state index in [0.29, 0.717) is 12.3 Å². The zero-order valence-electron chi connectivity index (χ0n) is 9.95. The Morgan fingerprint density at radius 3 is 2.38 bits per heavy atom. The highest BCUT2D eigenvalue weighted by molar-refractivity contribution is 5.73. The molecule has 16 heavy (non-hydrogen) atoms. The number of nitrogens with two attached hydrogens (primary N) is 1. The molecule has 0 aromatic heterocycles. The van der Waals surface area contributed by atoms with Crippen molar-refractivity contribution in [1.29, 1.82) is 0 Å². The van der Waals surface area contributed by atoms with Gasteiger partial charge in [0.25, 0.3) is 0 Å². The average molecular weight is 225 g/mol. The molecule has 0 aromatic carbocycles. The van der Waals surface area contributed by atoms with E-state index >= 15 is 0 Å². The van der Waals surface area contributed by atoms with Gasteiger partial charge < -0.3 is 16.0 Å². The van der Waals surface area contributed by atoms with E-state index in [-0.39, 0.29) is 5.91 Å². The Morgan fingerprint density at radius 1 is 1.19 bits per heavy atom. The summed E-state index contributed by atoms with van der Waals surface area (Å²) in [5.74, 6) is 0.399. The summed E-state index contributed by atoms with van der Waals surface area (Å²) in [7, 11) is 0. The summed E-state index contributed by atoms with van der Waals surface area (Å²) in [4.78, 5) is 13.5. The van der Waals surface area contributed by atoms with Crippen LogP contribution in [-0.4, -0.2) is 43.0 Å². The van der Waals surface area contributed by atoms with Gasteiger partial charge in [-0.05, 0) is 57.8 Å². The molecule has 2 aliphatic heterocycles. The van der Waals surface area contributed by atoms with Crippen LogP contribution >= 0.6 is 0 Å². The van der Waals surface area contributed by atoms with E-state index < -0.39 is 0 Å². The number of piperidine rings is 2. The lowest BCUT2D eigenvalue weighted by Gasteiger charge is -2.39. The lowest BCUT2D eigenvalue weighted by Crippen LogP contribution is -2.46. The van der Waals surface area contributed by atoms with E-state index in [9.17, 15) is 4.79 Å². The van der Waals surface area contributed by atoms with E-state index in [1.165, 1.54) is 12.8 Å². The molecule has 0 atom stereocenters. The largest absolute Gasteiger partial charge is 0.370 e. The Morgan fingerprint density at radius 2 is 1.81 bits per heavy atom. The molecule has 0 bridgehead atoms. The van der Waals surface area contributed by atoms with Crippen LogP contribution in [0.25, 0.3) is 0 Å². The smallest absolute Gasteiger partial charge is 0.217 e. The van der Waals surface area contributed by atoms with E-state index in [1.54, 1.807) is 0 Å². The second-order valence-electron chi connectivity index (χ2n) is 5.13. The molecule has 3 N–H and O–H groups in total. The summed E-state index contributed by atoms with van der Waals surface area (Å²) in [5.41, 5.74) is 5.24. The third kappa shape index (κ3) is 3.19. The summed E-state index contributed by atoms with van der Waals surface area (Å²) in [6, 6.07) is 0.774. The zero-order valence-corrected chi connectivity index (χ0v) is 9.95. The van der Waals surface area contributed by atoms with Crippen molar-refractivity contribution >= 4 is 5.91 Å². The first-order valence-corrected chi connectivity index (χ1v) is 6.49. The monoisotopic (exact) mass is 225 g/mol. The third-order valence-corrected chi connectivity index (χ3v) is 3.96. The SMILES string of the molecule is NC(=O)CC1CCN(C2CCNCC2)CC1. The minimum absolute atomic E-state index is 0.139. The Labute approximate surface area is 97.6 Å². The molecule has 1 amide bonds. The number of rotatable bonds is 3. The number of likely N-dealkylation sites (tertiary alicyclic amines) is 1. The maximum Gasteiger partial charge on any atom is 0.217 e. The van der Waals surface area contributed by atoms with Crippen LogP contribution in [0.1, 0.15) is 32.1 Å². The van der Waals surface area contributed by atoms with E-state index in [0.717, 1.165) is 45.1 Å². The van der Waals surface area contributed by atoms with Gasteiger partial charge in [-0.15, -0.1) is 0 Å². The molecule has 0 unspecified atom stereocenters. The number of nitrogens with zero attached hydrogens (tertiary/aromatic N) is 1. The van der Waals surface area contributed by atoms with Crippen molar-refractivity contribution in [3.8, 4) is 0 Å². The molecule has 0 spiro atoms. The molecular formula is C12H23N3O. The van der Waals surface area contributed by atoms with Crippen molar-refractivity contribution in [2.24, 2.45) is 11.7 Å². The standard InChI is InChI=1S/C12H23N3O/c13-12(16)9-10-3-7-15(8-4-10)11-1-5-14-6-2-11/h10-11,14H,1-9H2,(H2,13,16). The first-order valence-electron chi connectivity index (χ1n) is 6.49. The lowest BCUT2D eigenvalue weighted by atomic mass is 9.91. The Kier molecular flexibility index (Phi) is 4.18. The third-order valence-electron chi connectivity index (χ3n) is 3.96. The lowest BCUT2D eigenvalue weighted by molar-refractivity contribution is -0.119. The second-order valence-corrected chi connectivity index (χ2v) is 5.13. The van der Waals surface area contributed by atoms with Crippen LogP contribution in [0, 0.1) is 5.92 Å². The summed E-state index contributed by atoms with van der Waals surface area (Å²) < 4.78 is 0. The molecule has 2 saturated heterocycles. The van der Waals surface area contributed by atoms with Crippen LogP contribution in [0.5, 0.6) is 0 Å². The van der Waals surface area contributed by atoms with Crippen molar-refractivity contribution in [3.63, 3.8) is 0 Å². The minimum atomic E-state index is -0.139. The van der Waals surface area contributed by atoms with Gasteiger partial charge >= 0.3 is 0 Å². The van der Waals surface area contributed by atoms with Crippen LogP contribution in [0.3, 0.4) is 0 Å². The van der Waals surface area contributed by atoms with E-state index in [4.69, 9.17) is 5.73 Å². The van der Waals surface area contributed by atoms with Crippen molar-refractivity contribution in [2.75, 3.05) is 26.2 Å². The zero-order chi connectivity index (χ0) is 11.4. The normalized spacial score (nSPS) is 25.8. The molecule has 2 heterocycles. The molecule has 0 aliphatic carbocycles. The molecule has 4 heteroatoms. The number of carbonyl (C=O) groups is 1. The van der Waals surface area contributed by atoms with Gasteiger partial charge in [0.05, 0.1) is 0 Å². The number of primary amides is 1. The highest BCUT2D eigenvalue weighted by atomic mass is 16.1. The summed E-state index contributed by atoms with van der Waals surface area (Å²) >= 11 is 0. The first kappa shape index (κ1) is 11.9. The van der Waals surface area contributed by atoms with Crippen molar-refractivity contribution < 1.29 is 4.79 Å². The Hall–Kier alpha value is -0.610. The van der Waals surface area contributed by atoms with E-state index in [2.05, 4.69) is 10.2 Å². The first-order chi connectivity index (χ1) is 7.75. The molecule has 4 nitrogen and oxygen atoms in total. The molecule has 0 aromatic rings. The fourth-order valence-corrected chi connectivity index (χ4v) is 2.98. The number of amides is 1. The molecule has 2 aliphatic rings. The van der Waals surface area contributed by atoms with Crippen LogP contribution < -0.4 is 11.1 Å². The number of carbonyl (C=O) groups excluding carboxylic acids is 1. The molecule has 92 valence electrons. The van der Waals surface area contributed by atoms with Crippen LogP contribution in [0.15, 0.2) is 0 Å². The Bertz CT molecular complexity index is 230. The molecule has 0 saturated carbocycles. The maximum atomic E-state index is 10.9. The number of nitrogens with one attached hydrogen (secondary N) is 1. The van der Waals surface area contributed by atoms with Gasteiger partial charge in [0, 0.05) is 12.5 Å². The van der Waals surface area contributed by atoms with Crippen LogP contribution in [0.4, 0.5) is 0 Å². The van der Waals surface area contributed by atoms with Gasteiger partial charge in [-0.3, -0.25) is 4.79 Å². The molecule has 2 fully saturated rings. The van der Waals surface area contributed by atoms with Gasteiger partial charge in [-0.25, -0.2) is 0 Å². The summed E-state index contributed by atoms with van der Waals surface area (Å²) in [6.07, 6.45) is 5.43. The molecule has 0 radical (unpaired) electrons. The number of hydrogen-bond acceptors (Lipinski definition) is 3. The minimum Gasteiger partial charge on any atom is -0.370 e. The average Bonchev–Trinajstić information content (AvgIpc) is 2.30. The van der Waals surface area contributed by atoms with Gasteiger partial charge in [0.15, 0.2) is 0 Å².